The Bertz CT molecular complexity index is 557. The van der Waals surface area contributed by atoms with Crippen LogP contribution in [0.4, 0.5) is 5.69 Å². The zero-order chi connectivity index (χ0) is 13.1. The third-order valence-electron chi connectivity index (χ3n) is 2.75. The summed E-state index contributed by atoms with van der Waals surface area (Å²) < 4.78 is 5.13. The molecule has 0 bridgehead atoms. The van der Waals surface area contributed by atoms with E-state index in [1.165, 1.54) is 0 Å². The van der Waals surface area contributed by atoms with E-state index in [0.29, 0.717) is 22.0 Å². The van der Waals surface area contributed by atoms with Crippen molar-refractivity contribution in [3.8, 4) is 5.75 Å². The van der Waals surface area contributed by atoms with Crippen molar-refractivity contribution in [2.24, 2.45) is 0 Å². The summed E-state index contributed by atoms with van der Waals surface area (Å²) in [4.78, 5) is 0. The molecule has 1 atom stereocenters. The highest BCUT2D eigenvalue weighted by atomic mass is 35.5. The van der Waals surface area contributed by atoms with E-state index in [2.05, 4.69) is 0 Å². The van der Waals surface area contributed by atoms with Crippen molar-refractivity contribution < 1.29 is 9.84 Å². The first-order valence-corrected chi connectivity index (χ1v) is 5.86. The third kappa shape index (κ3) is 2.58. The zero-order valence-electron chi connectivity index (χ0n) is 9.93. The lowest BCUT2D eigenvalue weighted by molar-refractivity contribution is 0.220. The number of halogens is 1. The Kier molecular flexibility index (Phi) is 3.75. The first-order chi connectivity index (χ1) is 8.61. The van der Waals surface area contributed by atoms with Gasteiger partial charge in [0.15, 0.2) is 0 Å². The summed E-state index contributed by atoms with van der Waals surface area (Å²) in [5, 5.41) is 10.9. The summed E-state index contributed by atoms with van der Waals surface area (Å²) in [6.07, 6.45) is -0.794. The van der Waals surface area contributed by atoms with Gasteiger partial charge in [-0.3, -0.25) is 0 Å². The molecular weight excluding hydrogens is 250 g/mol. The minimum absolute atomic E-state index is 0.470. The Morgan fingerprint density at radius 1 is 1.22 bits per heavy atom. The Balaban J connectivity index is 2.37. The van der Waals surface area contributed by atoms with E-state index in [-0.39, 0.29) is 0 Å². The molecular formula is C14H14ClNO2. The van der Waals surface area contributed by atoms with Crippen molar-refractivity contribution >= 4 is 17.3 Å². The van der Waals surface area contributed by atoms with E-state index in [4.69, 9.17) is 22.1 Å². The van der Waals surface area contributed by atoms with Gasteiger partial charge >= 0.3 is 0 Å². The van der Waals surface area contributed by atoms with Crippen molar-refractivity contribution in [3.05, 3.63) is 58.6 Å². The van der Waals surface area contributed by atoms with Crippen molar-refractivity contribution in [1.29, 1.82) is 0 Å². The largest absolute Gasteiger partial charge is 0.497 e. The molecule has 3 nitrogen and oxygen atoms in total. The van der Waals surface area contributed by atoms with Gasteiger partial charge < -0.3 is 15.6 Å². The highest BCUT2D eigenvalue weighted by Crippen LogP contribution is 2.30. The van der Waals surface area contributed by atoms with Crippen LogP contribution in [0.5, 0.6) is 5.75 Å². The summed E-state index contributed by atoms with van der Waals surface area (Å²) in [6, 6.07) is 12.3. The molecule has 0 amide bonds. The van der Waals surface area contributed by atoms with Crippen LogP contribution in [0.3, 0.4) is 0 Å². The first-order valence-electron chi connectivity index (χ1n) is 5.48. The average molecular weight is 264 g/mol. The van der Waals surface area contributed by atoms with Crippen LogP contribution in [-0.4, -0.2) is 12.2 Å². The van der Waals surface area contributed by atoms with Crippen LogP contribution >= 0.6 is 11.6 Å². The van der Waals surface area contributed by atoms with E-state index >= 15 is 0 Å². The molecule has 0 saturated heterocycles. The van der Waals surface area contributed by atoms with Gasteiger partial charge in [0, 0.05) is 16.3 Å². The number of aliphatic hydroxyl groups is 1. The highest BCUT2D eigenvalue weighted by molar-refractivity contribution is 6.30. The fourth-order valence-corrected chi connectivity index (χ4v) is 1.97. The summed E-state index contributed by atoms with van der Waals surface area (Å²) in [5.74, 6) is 0.694. The lowest BCUT2D eigenvalue weighted by Crippen LogP contribution is -2.04. The van der Waals surface area contributed by atoms with Gasteiger partial charge in [-0.25, -0.2) is 0 Å². The number of benzene rings is 2. The second kappa shape index (κ2) is 5.29. The van der Waals surface area contributed by atoms with Crippen LogP contribution in [0, 0.1) is 0 Å². The van der Waals surface area contributed by atoms with Crippen molar-refractivity contribution in [3.63, 3.8) is 0 Å². The molecule has 2 aromatic rings. The minimum Gasteiger partial charge on any atom is -0.497 e. The summed E-state index contributed by atoms with van der Waals surface area (Å²) in [5.41, 5.74) is 7.68. The molecule has 0 aliphatic carbocycles. The maximum atomic E-state index is 10.3. The van der Waals surface area contributed by atoms with E-state index in [1.54, 1.807) is 31.4 Å². The molecule has 0 heterocycles. The molecule has 0 saturated carbocycles. The number of anilines is 1. The van der Waals surface area contributed by atoms with Gasteiger partial charge in [-0.1, -0.05) is 29.8 Å². The summed E-state index contributed by atoms with van der Waals surface area (Å²) in [7, 11) is 1.59. The van der Waals surface area contributed by atoms with Gasteiger partial charge in [-0.15, -0.1) is 0 Å². The molecule has 0 fully saturated rings. The molecule has 0 spiro atoms. The smallest absolute Gasteiger partial charge is 0.119 e. The number of ether oxygens (including phenoxy) is 1. The number of nitrogens with two attached hydrogens (primary N) is 1. The van der Waals surface area contributed by atoms with Crippen LogP contribution in [-0.2, 0) is 0 Å². The van der Waals surface area contributed by atoms with Crippen molar-refractivity contribution in [2.45, 2.75) is 6.10 Å². The molecule has 2 rings (SSSR count). The van der Waals surface area contributed by atoms with Crippen LogP contribution in [0.15, 0.2) is 42.5 Å². The molecule has 1 unspecified atom stereocenters. The zero-order valence-corrected chi connectivity index (χ0v) is 10.7. The number of hydrogen-bond donors (Lipinski definition) is 2. The lowest BCUT2D eigenvalue weighted by atomic mass is 10.00. The Morgan fingerprint density at radius 3 is 2.67 bits per heavy atom. The van der Waals surface area contributed by atoms with E-state index in [9.17, 15) is 5.11 Å². The van der Waals surface area contributed by atoms with Crippen LogP contribution < -0.4 is 10.5 Å². The van der Waals surface area contributed by atoms with Gasteiger partial charge in [-0.2, -0.15) is 0 Å². The van der Waals surface area contributed by atoms with Gasteiger partial charge in [0.05, 0.1) is 7.11 Å². The SMILES string of the molecule is COc1cccc(C(O)c2ccc(Cl)cc2N)c1. The monoisotopic (exact) mass is 263 g/mol. The van der Waals surface area contributed by atoms with Gasteiger partial charge in [-0.05, 0) is 29.8 Å². The normalized spacial score (nSPS) is 12.2. The maximum Gasteiger partial charge on any atom is 0.119 e. The number of aliphatic hydroxyl groups excluding tert-OH is 1. The Morgan fingerprint density at radius 2 is 2.00 bits per heavy atom. The first kappa shape index (κ1) is 12.7. The predicted octanol–water partition coefficient (Wildman–Crippen LogP) is 3.01. The van der Waals surface area contributed by atoms with Crippen molar-refractivity contribution in [2.75, 3.05) is 12.8 Å². The molecule has 0 aliphatic heterocycles. The third-order valence-corrected chi connectivity index (χ3v) is 2.99. The molecule has 0 aromatic heterocycles. The van der Waals surface area contributed by atoms with Gasteiger partial charge in [0.2, 0.25) is 0 Å². The summed E-state index contributed by atoms with van der Waals surface area (Å²) in [6.45, 7) is 0. The van der Waals surface area contributed by atoms with Gasteiger partial charge in [0.1, 0.15) is 11.9 Å². The van der Waals surface area contributed by atoms with Crippen LogP contribution in [0.2, 0.25) is 5.02 Å². The van der Waals surface area contributed by atoms with E-state index < -0.39 is 6.10 Å². The molecule has 2 aromatic carbocycles. The standard InChI is InChI=1S/C14H14ClNO2/c1-18-11-4-2-3-9(7-11)14(17)12-6-5-10(15)8-13(12)16/h2-8,14,17H,16H2,1H3. The number of nitrogen functional groups attached to an aromatic ring is 1. The van der Waals surface area contributed by atoms with E-state index in [0.717, 1.165) is 5.56 Å². The number of hydrogen-bond acceptors (Lipinski definition) is 3. The second-order valence-electron chi connectivity index (χ2n) is 3.95. The van der Waals surface area contributed by atoms with Crippen molar-refractivity contribution in [1.82, 2.24) is 0 Å². The predicted molar refractivity (Wildman–Crippen MR) is 72.9 cm³/mol. The second-order valence-corrected chi connectivity index (χ2v) is 4.39. The minimum atomic E-state index is -0.794. The molecule has 4 heteroatoms. The fourth-order valence-electron chi connectivity index (χ4n) is 1.79. The Labute approximate surface area is 111 Å². The highest BCUT2D eigenvalue weighted by Gasteiger charge is 2.14. The Hall–Kier alpha value is -1.71. The van der Waals surface area contributed by atoms with E-state index in [1.807, 2.05) is 18.2 Å². The van der Waals surface area contributed by atoms with Crippen LogP contribution in [0.25, 0.3) is 0 Å². The fraction of sp³-hybridized carbons (Fsp3) is 0.143. The number of rotatable bonds is 3. The topological polar surface area (TPSA) is 55.5 Å². The summed E-state index contributed by atoms with van der Waals surface area (Å²) >= 11 is 5.83. The quantitative estimate of drug-likeness (QED) is 0.837. The van der Waals surface area contributed by atoms with Crippen LogP contribution in [0.1, 0.15) is 17.2 Å². The average Bonchev–Trinajstić information content (AvgIpc) is 2.38. The lowest BCUT2D eigenvalue weighted by Gasteiger charge is -2.14. The molecule has 18 heavy (non-hydrogen) atoms. The van der Waals surface area contributed by atoms with Gasteiger partial charge in [0.25, 0.3) is 0 Å². The molecule has 94 valence electrons. The number of methoxy groups -OCH3 is 1. The molecule has 0 radical (unpaired) electrons. The molecule has 3 N–H and O–H groups in total. The maximum absolute atomic E-state index is 10.3. The molecule has 0 aliphatic rings.